The van der Waals surface area contributed by atoms with Gasteiger partial charge in [0, 0.05) is 12.6 Å². The number of hydrogen-bond donors (Lipinski definition) is 2. The Morgan fingerprint density at radius 2 is 1.94 bits per heavy atom. The van der Waals surface area contributed by atoms with E-state index >= 15 is 0 Å². The molecule has 3 aromatic rings. The Morgan fingerprint density at radius 3 is 2.58 bits per heavy atom. The quantitative estimate of drug-likeness (QED) is 0.502. The molecule has 0 radical (unpaired) electrons. The van der Waals surface area contributed by atoms with Gasteiger partial charge in [0.2, 0.25) is 5.91 Å². The van der Waals surface area contributed by atoms with E-state index in [0.29, 0.717) is 23.2 Å². The van der Waals surface area contributed by atoms with Gasteiger partial charge in [0.25, 0.3) is 5.91 Å². The summed E-state index contributed by atoms with van der Waals surface area (Å²) in [5.41, 5.74) is -0.674. The van der Waals surface area contributed by atoms with Crippen molar-refractivity contribution in [3.8, 4) is 5.69 Å². The third-order valence-electron chi connectivity index (χ3n) is 4.73. The summed E-state index contributed by atoms with van der Waals surface area (Å²) in [5, 5.41) is 8.81. The van der Waals surface area contributed by atoms with Crippen molar-refractivity contribution in [3.05, 3.63) is 70.9 Å². The maximum absolute atomic E-state index is 13.3. The Hall–Kier alpha value is -3.89. The highest BCUT2D eigenvalue weighted by atomic mass is 19.4. The first kappa shape index (κ1) is 23.8. The van der Waals surface area contributed by atoms with E-state index in [-0.39, 0.29) is 30.4 Å². The van der Waals surface area contributed by atoms with E-state index < -0.39 is 23.8 Å². The average Bonchev–Trinajstić information content (AvgIpc) is 3.42. The highest BCUT2D eigenvalue weighted by Crippen LogP contribution is 2.29. The molecule has 2 amide bonds. The van der Waals surface area contributed by atoms with Gasteiger partial charge < -0.3 is 15.1 Å². The lowest BCUT2D eigenvalue weighted by Crippen LogP contribution is -2.31. The van der Waals surface area contributed by atoms with Gasteiger partial charge in [0.15, 0.2) is 5.69 Å². The van der Waals surface area contributed by atoms with Gasteiger partial charge >= 0.3 is 6.18 Å². The Labute approximate surface area is 187 Å². The molecule has 0 aliphatic heterocycles. The Bertz CT molecular complexity index is 1170. The van der Waals surface area contributed by atoms with Gasteiger partial charge in [-0.1, -0.05) is 12.1 Å². The van der Waals surface area contributed by atoms with E-state index in [0.717, 1.165) is 4.68 Å². The minimum absolute atomic E-state index is 0.000793. The number of carbonyl (C=O) groups excluding carboxylic acids is 2. The molecule has 0 saturated carbocycles. The fourth-order valence-corrected chi connectivity index (χ4v) is 2.93. The lowest BCUT2D eigenvalue weighted by molar-refractivity contribution is -0.141. The molecule has 1 atom stereocenters. The van der Waals surface area contributed by atoms with Gasteiger partial charge in [0.05, 0.1) is 12.2 Å². The van der Waals surface area contributed by atoms with Gasteiger partial charge in [0.1, 0.15) is 23.3 Å². The highest BCUT2D eigenvalue weighted by molar-refractivity contribution is 5.93. The molecule has 0 aliphatic carbocycles. The molecular weight excluding hydrogens is 439 g/mol. The fourth-order valence-electron chi connectivity index (χ4n) is 2.93. The van der Waals surface area contributed by atoms with Crippen molar-refractivity contribution in [2.45, 2.75) is 39.2 Å². The van der Waals surface area contributed by atoms with Crippen molar-refractivity contribution in [2.75, 3.05) is 0 Å². The summed E-state index contributed by atoms with van der Waals surface area (Å²) in [5.74, 6) is 0.00785. The van der Waals surface area contributed by atoms with Crippen molar-refractivity contribution < 1.29 is 27.2 Å². The molecule has 0 bridgehead atoms. The van der Waals surface area contributed by atoms with E-state index in [9.17, 15) is 22.8 Å². The second-order valence-corrected chi connectivity index (χ2v) is 7.27. The molecule has 8 nitrogen and oxygen atoms in total. The smallest absolute Gasteiger partial charge is 0.435 e. The molecule has 0 saturated heterocycles. The molecule has 2 heterocycles. The number of aryl methyl sites for hydroxylation is 1. The summed E-state index contributed by atoms with van der Waals surface area (Å²) < 4.78 is 46.3. The van der Waals surface area contributed by atoms with Crippen LogP contribution in [0.25, 0.3) is 5.69 Å². The Kier molecular flexibility index (Phi) is 7.00. The molecule has 0 aliphatic rings. The number of amides is 2. The van der Waals surface area contributed by atoms with Crippen LogP contribution in [0, 0.1) is 6.92 Å². The number of nitrogens with zero attached hydrogens (tertiary/aromatic N) is 3. The molecule has 0 spiro atoms. The summed E-state index contributed by atoms with van der Waals surface area (Å²) in [6, 6.07) is 9.75. The molecule has 174 valence electrons. The zero-order valence-electron chi connectivity index (χ0n) is 17.9. The largest absolute Gasteiger partial charge is 0.465 e. The molecule has 0 unspecified atom stereocenters. The molecule has 33 heavy (non-hydrogen) atoms. The number of benzene rings is 1. The van der Waals surface area contributed by atoms with Gasteiger partial charge in [-0.15, -0.1) is 0 Å². The van der Waals surface area contributed by atoms with Gasteiger partial charge in [-0.2, -0.15) is 18.3 Å². The van der Waals surface area contributed by atoms with Crippen LogP contribution in [0.3, 0.4) is 0 Å². The minimum atomic E-state index is -4.74. The zero-order chi connectivity index (χ0) is 24.2. The number of hydrogen-bond acceptors (Lipinski definition) is 5. The number of carbonyl (C=O) groups is 2. The highest BCUT2D eigenvalue weighted by Gasteiger charge is 2.36. The molecule has 2 N–H and O–H groups in total. The average molecular weight is 461 g/mol. The van der Waals surface area contributed by atoms with Gasteiger partial charge in [-0.3, -0.25) is 14.6 Å². The summed E-state index contributed by atoms with van der Waals surface area (Å²) in [6.45, 7) is 6.74. The molecule has 0 fully saturated rings. The van der Waals surface area contributed by atoms with Crippen LogP contribution in [0.1, 0.15) is 40.2 Å². The van der Waals surface area contributed by atoms with Crippen LogP contribution < -0.4 is 10.6 Å². The number of nitrogens with one attached hydrogen (secondary N) is 2. The standard InChI is InChI=1S/C22H22F3N5O3/c1-13-7-8-17(33-13)12-28-21(32)18-10-19(22(23,24)25)29-30(18)16-6-4-5-15(9-16)11-27-20(31)14(2)26-3/h4-10,14H,3,11-12H2,1-2H3,(H,27,31)(H,28,32)/t14-/m0/s1. The van der Waals surface area contributed by atoms with Crippen LogP contribution in [0.4, 0.5) is 13.2 Å². The third-order valence-corrected chi connectivity index (χ3v) is 4.73. The molecule has 1 aromatic carbocycles. The first-order valence-corrected chi connectivity index (χ1v) is 9.92. The van der Waals surface area contributed by atoms with Crippen molar-refractivity contribution in [2.24, 2.45) is 4.99 Å². The van der Waals surface area contributed by atoms with E-state index in [1.807, 2.05) is 0 Å². The summed E-state index contributed by atoms with van der Waals surface area (Å²) in [7, 11) is 0. The number of rotatable bonds is 8. The predicted molar refractivity (Wildman–Crippen MR) is 114 cm³/mol. The Morgan fingerprint density at radius 1 is 1.18 bits per heavy atom. The maximum atomic E-state index is 13.3. The first-order valence-electron chi connectivity index (χ1n) is 9.92. The number of alkyl halides is 3. The molecular formula is C22H22F3N5O3. The lowest BCUT2D eigenvalue weighted by atomic mass is 10.2. The van der Waals surface area contributed by atoms with Crippen molar-refractivity contribution in [3.63, 3.8) is 0 Å². The third kappa shape index (κ3) is 5.88. The van der Waals surface area contributed by atoms with Crippen LogP contribution in [0.2, 0.25) is 0 Å². The summed E-state index contributed by atoms with van der Waals surface area (Å²) in [6.07, 6.45) is -4.74. The van der Waals surface area contributed by atoms with E-state index in [2.05, 4.69) is 27.4 Å². The monoisotopic (exact) mass is 461 g/mol. The van der Waals surface area contributed by atoms with E-state index in [1.54, 1.807) is 38.1 Å². The van der Waals surface area contributed by atoms with Crippen LogP contribution in [-0.2, 0) is 24.1 Å². The van der Waals surface area contributed by atoms with Crippen molar-refractivity contribution >= 4 is 18.5 Å². The first-order chi connectivity index (χ1) is 15.6. The lowest BCUT2D eigenvalue weighted by Gasteiger charge is -2.11. The minimum Gasteiger partial charge on any atom is -0.465 e. The van der Waals surface area contributed by atoms with Crippen LogP contribution >= 0.6 is 0 Å². The molecule has 2 aromatic heterocycles. The van der Waals surface area contributed by atoms with Gasteiger partial charge in [-0.05, 0) is 50.4 Å². The second kappa shape index (κ2) is 9.72. The molecule has 3 rings (SSSR count). The van der Waals surface area contributed by atoms with E-state index in [4.69, 9.17) is 4.42 Å². The summed E-state index contributed by atoms with van der Waals surface area (Å²) >= 11 is 0. The van der Waals surface area contributed by atoms with Crippen molar-refractivity contribution in [1.29, 1.82) is 0 Å². The topological polar surface area (TPSA) is 102 Å². The number of furan rings is 1. The van der Waals surface area contributed by atoms with Gasteiger partial charge in [-0.25, -0.2) is 4.68 Å². The predicted octanol–water partition coefficient (Wildman–Crippen LogP) is 3.43. The fraction of sp³-hybridized carbons (Fsp3) is 0.273. The SMILES string of the molecule is C=N[C@@H](C)C(=O)NCc1cccc(-n2nc(C(F)(F)F)cc2C(=O)NCc2ccc(C)o2)c1. The Balaban J connectivity index is 1.86. The van der Waals surface area contributed by atoms with E-state index in [1.165, 1.54) is 12.1 Å². The van der Waals surface area contributed by atoms with Crippen molar-refractivity contribution in [1.82, 2.24) is 20.4 Å². The number of halogens is 3. The van der Waals surface area contributed by atoms with Crippen LogP contribution in [0.5, 0.6) is 0 Å². The number of aliphatic imine (C=N–C) groups is 1. The van der Waals surface area contributed by atoms with Crippen LogP contribution in [0.15, 0.2) is 51.9 Å². The van der Waals surface area contributed by atoms with Crippen LogP contribution in [-0.4, -0.2) is 34.4 Å². The number of aromatic nitrogens is 2. The molecule has 11 heteroatoms. The maximum Gasteiger partial charge on any atom is 0.435 e. The summed E-state index contributed by atoms with van der Waals surface area (Å²) in [4.78, 5) is 28.2. The second-order valence-electron chi connectivity index (χ2n) is 7.27. The zero-order valence-corrected chi connectivity index (χ0v) is 17.9. The normalized spacial score (nSPS) is 12.3.